The normalized spacial score (nSPS) is 12.0. The minimum absolute atomic E-state index is 0.109. The van der Waals surface area contributed by atoms with Crippen LogP contribution in [0.1, 0.15) is 20.8 Å². The second-order valence-corrected chi connectivity index (χ2v) is 3.95. The fraction of sp³-hybridized carbons (Fsp3) is 0.750. The van der Waals surface area contributed by atoms with Crippen molar-refractivity contribution in [2.45, 2.75) is 26.4 Å². The summed E-state index contributed by atoms with van der Waals surface area (Å²) in [5.74, 6) is -0.284. The molecular formula is C8H15NO2S. The highest BCUT2D eigenvalue weighted by atomic mass is 32.2. The molecule has 0 aliphatic heterocycles. The van der Waals surface area contributed by atoms with Crippen molar-refractivity contribution in [1.29, 1.82) is 0 Å². The molecule has 0 N–H and O–H groups in total. The first kappa shape index (κ1) is 11.5. The Morgan fingerprint density at radius 2 is 2.17 bits per heavy atom. The van der Waals surface area contributed by atoms with Crippen molar-refractivity contribution in [2.24, 2.45) is 4.99 Å². The maximum absolute atomic E-state index is 11.0. The summed E-state index contributed by atoms with van der Waals surface area (Å²) in [6, 6.07) is 0. The summed E-state index contributed by atoms with van der Waals surface area (Å²) in [4.78, 5) is 14.8. The molecule has 0 rings (SSSR count). The van der Waals surface area contributed by atoms with Gasteiger partial charge < -0.3 is 4.74 Å². The van der Waals surface area contributed by atoms with Gasteiger partial charge in [0.15, 0.2) is 0 Å². The van der Waals surface area contributed by atoms with Gasteiger partial charge in [-0.3, -0.25) is 9.79 Å². The van der Waals surface area contributed by atoms with E-state index >= 15 is 0 Å². The molecule has 0 unspecified atom stereocenters. The molecule has 0 fully saturated rings. The summed E-state index contributed by atoms with van der Waals surface area (Å²) in [7, 11) is 0. The van der Waals surface area contributed by atoms with Gasteiger partial charge in [-0.05, 0) is 27.0 Å². The van der Waals surface area contributed by atoms with Gasteiger partial charge in [0.1, 0.15) is 12.1 Å². The molecule has 0 aromatic carbocycles. The third-order valence-electron chi connectivity index (χ3n) is 0.820. The maximum atomic E-state index is 11.0. The lowest BCUT2D eigenvalue weighted by Gasteiger charge is -2.18. The van der Waals surface area contributed by atoms with Crippen molar-refractivity contribution in [3.8, 4) is 0 Å². The second kappa shape index (κ2) is 5.19. The molecule has 0 aliphatic carbocycles. The Kier molecular flexibility index (Phi) is 4.97. The largest absolute Gasteiger partial charge is 0.459 e. The van der Waals surface area contributed by atoms with Gasteiger partial charge in [-0.2, -0.15) is 0 Å². The van der Waals surface area contributed by atoms with Crippen molar-refractivity contribution < 1.29 is 9.53 Å². The first-order chi connectivity index (χ1) is 5.45. The van der Waals surface area contributed by atoms with Crippen LogP contribution in [0.25, 0.3) is 0 Å². The topological polar surface area (TPSA) is 38.7 Å². The Hall–Kier alpha value is -0.510. The molecule has 0 spiro atoms. The zero-order valence-corrected chi connectivity index (χ0v) is 8.77. The molecule has 0 saturated heterocycles. The van der Waals surface area contributed by atoms with Crippen LogP contribution in [0, 0.1) is 0 Å². The molecule has 3 nitrogen and oxygen atoms in total. The van der Waals surface area contributed by atoms with E-state index in [1.165, 1.54) is 11.8 Å². The SMILES string of the molecule is CSC=NCC(=O)OC(C)(C)C. The van der Waals surface area contributed by atoms with Crippen molar-refractivity contribution in [1.82, 2.24) is 0 Å². The van der Waals surface area contributed by atoms with Gasteiger partial charge in [0.2, 0.25) is 0 Å². The van der Waals surface area contributed by atoms with Gasteiger partial charge in [0, 0.05) is 0 Å². The van der Waals surface area contributed by atoms with Gasteiger partial charge in [0.05, 0.1) is 5.55 Å². The number of ether oxygens (including phenoxy) is 1. The molecule has 70 valence electrons. The Labute approximate surface area is 77.6 Å². The van der Waals surface area contributed by atoms with Crippen LogP contribution < -0.4 is 0 Å². The lowest BCUT2D eigenvalue weighted by Crippen LogP contribution is -2.25. The zero-order chi connectivity index (χ0) is 9.61. The van der Waals surface area contributed by atoms with Crippen LogP contribution >= 0.6 is 11.8 Å². The van der Waals surface area contributed by atoms with Crippen molar-refractivity contribution >= 4 is 23.3 Å². The van der Waals surface area contributed by atoms with Gasteiger partial charge in [-0.1, -0.05) is 0 Å². The molecule has 0 radical (unpaired) electrons. The van der Waals surface area contributed by atoms with Gasteiger partial charge in [0.25, 0.3) is 0 Å². The lowest BCUT2D eigenvalue weighted by atomic mass is 10.2. The first-order valence-corrected chi connectivity index (χ1v) is 4.97. The summed E-state index contributed by atoms with van der Waals surface area (Å²) in [6.07, 6.45) is 1.89. The van der Waals surface area contributed by atoms with Gasteiger partial charge in [-0.15, -0.1) is 11.8 Å². The molecule has 0 amide bonds. The molecule has 4 heteroatoms. The van der Waals surface area contributed by atoms with Gasteiger partial charge in [-0.25, -0.2) is 0 Å². The number of hydrogen-bond acceptors (Lipinski definition) is 4. The highest BCUT2D eigenvalue weighted by Gasteiger charge is 2.14. The van der Waals surface area contributed by atoms with E-state index in [4.69, 9.17) is 4.74 Å². The first-order valence-electron chi connectivity index (χ1n) is 3.68. The second-order valence-electron chi connectivity index (χ2n) is 3.27. The van der Waals surface area contributed by atoms with Crippen molar-refractivity contribution in [3.05, 3.63) is 0 Å². The maximum Gasteiger partial charge on any atom is 0.328 e. The number of carbonyl (C=O) groups excluding carboxylic acids is 1. The number of thioether (sulfide) groups is 1. The van der Waals surface area contributed by atoms with Crippen LogP contribution in [0.3, 0.4) is 0 Å². The number of nitrogens with zero attached hydrogens (tertiary/aromatic N) is 1. The Morgan fingerprint density at radius 1 is 1.58 bits per heavy atom. The van der Waals surface area contributed by atoms with Crippen molar-refractivity contribution in [3.63, 3.8) is 0 Å². The zero-order valence-electron chi connectivity index (χ0n) is 7.96. The number of carbonyl (C=O) groups is 1. The molecule has 0 bridgehead atoms. The molecule has 0 saturated carbocycles. The molecule has 12 heavy (non-hydrogen) atoms. The number of esters is 1. The van der Waals surface area contributed by atoms with E-state index in [1.807, 2.05) is 27.0 Å². The molecular weight excluding hydrogens is 174 g/mol. The smallest absolute Gasteiger partial charge is 0.328 e. The highest BCUT2D eigenvalue weighted by molar-refractivity contribution is 8.11. The number of rotatable bonds is 3. The molecule has 0 atom stereocenters. The third kappa shape index (κ3) is 7.60. The van der Waals surface area contributed by atoms with E-state index in [9.17, 15) is 4.79 Å². The molecule has 0 aromatic heterocycles. The molecule has 0 aliphatic rings. The lowest BCUT2D eigenvalue weighted by molar-refractivity contribution is -0.152. The monoisotopic (exact) mass is 189 g/mol. The average Bonchev–Trinajstić information content (AvgIpc) is 1.84. The Balaban J connectivity index is 3.68. The van der Waals surface area contributed by atoms with Crippen molar-refractivity contribution in [2.75, 3.05) is 12.8 Å². The minimum Gasteiger partial charge on any atom is -0.459 e. The standard InChI is InChI=1S/C8H15NO2S/c1-8(2,3)11-7(10)5-9-6-12-4/h6H,5H2,1-4H3. The minimum atomic E-state index is -0.411. The fourth-order valence-electron chi connectivity index (χ4n) is 0.560. The summed E-state index contributed by atoms with van der Waals surface area (Å²) in [6.45, 7) is 5.62. The van der Waals surface area contributed by atoms with E-state index in [0.29, 0.717) is 0 Å². The van der Waals surface area contributed by atoms with E-state index in [1.54, 1.807) is 5.55 Å². The van der Waals surface area contributed by atoms with Crippen LogP contribution in [0.15, 0.2) is 4.99 Å². The van der Waals surface area contributed by atoms with Crippen LogP contribution in [0.4, 0.5) is 0 Å². The van der Waals surface area contributed by atoms with E-state index in [-0.39, 0.29) is 12.5 Å². The Bertz CT molecular complexity index is 172. The average molecular weight is 189 g/mol. The summed E-state index contributed by atoms with van der Waals surface area (Å²) >= 11 is 1.46. The summed E-state index contributed by atoms with van der Waals surface area (Å²) in [5.41, 5.74) is 1.22. The highest BCUT2D eigenvalue weighted by Crippen LogP contribution is 2.06. The van der Waals surface area contributed by atoms with E-state index < -0.39 is 5.60 Å². The van der Waals surface area contributed by atoms with Crippen LogP contribution in [0.5, 0.6) is 0 Å². The predicted octanol–water partition coefficient (Wildman–Crippen LogP) is 1.72. The Morgan fingerprint density at radius 3 is 2.58 bits per heavy atom. The molecule has 0 aromatic rings. The van der Waals surface area contributed by atoms with Crippen LogP contribution in [-0.4, -0.2) is 29.9 Å². The van der Waals surface area contributed by atoms with E-state index in [2.05, 4.69) is 4.99 Å². The summed E-state index contributed by atoms with van der Waals surface area (Å²) in [5, 5.41) is 0. The quantitative estimate of drug-likeness (QED) is 0.385. The van der Waals surface area contributed by atoms with Crippen LogP contribution in [0.2, 0.25) is 0 Å². The van der Waals surface area contributed by atoms with Gasteiger partial charge >= 0.3 is 5.97 Å². The third-order valence-corrected chi connectivity index (χ3v) is 1.18. The molecule has 0 heterocycles. The fourth-order valence-corrected chi connectivity index (χ4v) is 0.784. The number of hydrogen-bond donors (Lipinski definition) is 0. The number of aliphatic imine (C=N–C) groups is 1. The van der Waals surface area contributed by atoms with E-state index in [0.717, 1.165) is 0 Å². The van der Waals surface area contributed by atoms with Crippen LogP contribution in [-0.2, 0) is 9.53 Å². The predicted molar refractivity (Wildman–Crippen MR) is 52.7 cm³/mol. The summed E-state index contributed by atoms with van der Waals surface area (Å²) < 4.78 is 5.02.